The summed E-state index contributed by atoms with van der Waals surface area (Å²) in [5.74, 6) is 1.93. The first-order valence-corrected chi connectivity index (χ1v) is 7.05. The standard InChI is InChI=1S/C7H16N2O2S2/c1-6(4-8)13(10,11)9-7-2-3-12-5-7/h6-7,9H,2-5,8H2,1H3. The van der Waals surface area contributed by atoms with Crippen molar-refractivity contribution >= 4 is 21.8 Å². The highest BCUT2D eigenvalue weighted by molar-refractivity contribution is 7.99. The van der Waals surface area contributed by atoms with E-state index in [2.05, 4.69) is 4.72 Å². The predicted molar refractivity (Wildman–Crippen MR) is 56.3 cm³/mol. The summed E-state index contributed by atoms with van der Waals surface area (Å²) in [6.07, 6.45) is 0.932. The monoisotopic (exact) mass is 224 g/mol. The molecule has 13 heavy (non-hydrogen) atoms. The van der Waals surface area contributed by atoms with Crippen LogP contribution in [0.4, 0.5) is 0 Å². The minimum absolute atomic E-state index is 0.115. The Morgan fingerprint density at radius 3 is 2.85 bits per heavy atom. The van der Waals surface area contributed by atoms with E-state index in [9.17, 15) is 8.42 Å². The van der Waals surface area contributed by atoms with Gasteiger partial charge in [-0.15, -0.1) is 0 Å². The lowest BCUT2D eigenvalue weighted by atomic mass is 10.3. The minimum atomic E-state index is -3.18. The van der Waals surface area contributed by atoms with Crippen LogP contribution in [0.25, 0.3) is 0 Å². The third-order valence-corrected chi connectivity index (χ3v) is 5.20. The van der Waals surface area contributed by atoms with E-state index in [4.69, 9.17) is 5.73 Å². The van der Waals surface area contributed by atoms with Crippen LogP contribution in [-0.4, -0.2) is 37.8 Å². The van der Waals surface area contributed by atoms with E-state index in [-0.39, 0.29) is 12.6 Å². The van der Waals surface area contributed by atoms with E-state index in [1.165, 1.54) is 0 Å². The van der Waals surface area contributed by atoms with E-state index in [1.54, 1.807) is 18.7 Å². The molecule has 0 amide bonds. The van der Waals surface area contributed by atoms with Crippen molar-refractivity contribution in [2.75, 3.05) is 18.1 Å². The summed E-state index contributed by atoms with van der Waals surface area (Å²) in [7, 11) is -3.18. The Bertz CT molecular complexity index is 247. The highest BCUT2D eigenvalue weighted by Gasteiger charge is 2.25. The largest absolute Gasteiger partial charge is 0.329 e. The highest BCUT2D eigenvalue weighted by atomic mass is 32.2. The molecule has 1 fully saturated rings. The average Bonchev–Trinajstić information content (AvgIpc) is 2.54. The number of sulfonamides is 1. The number of nitrogens with two attached hydrogens (primary N) is 1. The Balaban J connectivity index is 2.50. The predicted octanol–water partition coefficient (Wildman–Crippen LogP) is -0.241. The zero-order valence-electron chi connectivity index (χ0n) is 7.69. The van der Waals surface area contributed by atoms with Crippen molar-refractivity contribution < 1.29 is 8.42 Å². The maximum Gasteiger partial charge on any atom is 0.215 e. The highest BCUT2D eigenvalue weighted by Crippen LogP contribution is 2.18. The smallest absolute Gasteiger partial charge is 0.215 e. The molecule has 0 bridgehead atoms. The van der Waals surface area contributed by atoms with Crippen molar-refractivity contribution in [2.45, 2.75) is 24.6 Å². The van der Waals surface area contributed by atoms with Crippen LogP contribution in [0, 0.1) is 0 Å². The van der Waals surface area contributed by atoms with Crippen LogP contribution in [0.15, 0.2) is 0 Å². The second-order valence-electron chi connectivity index (χ2n) is 3.27. The van der Waals surface area contributed by atoms with Crippen molar-refractivity contribution in [2.24, 2.45) is 5.73 Å². The lowest BCUT2D eigenvalue weighted by Crippen LogP contribution is -2.42. The number of rotatable bonds is 4. The second kappa shape index (κ2) is 4.63. The van der Waals surface area contributed by atoms with Crippen molar-refractivity contribution in [1.82, 2.24) is 4.72 Å². The molecule has 4 nitrogen and oxygen atoms in total. The molecule has 0 aromatic rings. The number of thioether (sulfide) groups is 1. The first-order chi connectivity index (χ1) is 6.06. The molecule has 2 unspecified atom stereocenters. The molecule has 0 radical (unpaired) electrons. The molecule has 1 saturated heterocycles. The SMILES string of the molecule is CC(CN)S(=O)(=O)NC1CCSC1. The lowest BCUT2D eigenvalue weighted by molar-refractivity contribution is 0.551. The van der Waals surface area contributed by atoms with Gasteiger partial charge >= 0.3 is 0 Å². The molecule has 6 heteroatoms. The van der Waals surface area contributed by atoms with Crippen molar-refractivity contribution in [3.63, 3.8) is 0 Å². The lowest BCUT2D eigenvalue weighted by Gasteiger charge is -2.15. The van der Waals surface area contributed by atoms with Gasteiger partial charge in [0.25, 0.3) is 0 Å². The van der Waals surface area contributed by atoms with Crippen LogP contribution in [-0.2, 0) is 10.0 Å². The van der Waals surface area contributed by atoms with Gasteiger partial charge in [-0.25, -0.2) is 13.1 Å². The van der Waals surface area contributed by atoms with Crippen LogP contribution in [0.2, 0.25) is 0 Å². The molecule has 2 atom stereocenters. The van der Waals surface area contributed by atoms with Gasteiger partial charge in [0.15, 0.2) is 0 Å². The maximum absolute atomic E-state index is 11.5. The van der Waals surface area contributed by atoms with Crippen molar-refractivity contribution in [3.05, 3.63) is 0 Å². The summed E-state index contributed by atoms with van der Waals surface area (Å²) in [6, 6.07) is 0.115. The normalized spacial score (nSPS) is 26.2. The maximum atomic E-state index is 11.5. The Kier molecular flexibility index (Phi) is 4.03. The molecule has 0 saturated carbocycles. The van der Waals surface area contributed by atoms with Crippen LogP contribution >= 0.6 is 11.8 Å². The van der Waals surface area contributed by atoms with Crippen molar-refractivity contribution in [1.29, 1.82) is 0 Å². The molecule has 0 aliphatic carbocycles. The third-order valence-electron chi connectivity index (χ3n) is 2.12. The van der Waals surface area contributed by atoms with Crippen LogP contribution < -0.4 is 10.5 Å². The summed E-state index contributed by atoms with van der Waals surface area (Å²) in [6.45, 7) is 1.81. The Morgan fingerprint density at radius 2 is 2.38 bits per heavy atom. The molecule has 1 heterocycles. The zero-order chi connectivity index (χ0) is 9.90. The molecule has 0 aromatic carbocycles. The molecular formula is C7H16N2O2S2. The quantitative estimate of drug-likeness (QED) is 0.691. The molecule has 0 spiro atoms. The van der Waals surface area contributed by atoms with E-state index in [0.29, 0.717) is 0 Å². The van der Waals surface area contributed by atoms with Gasteiger partial charge in [-0.1, -0.05) is 0 Å². The van der Waals surface area contributed by atoms with E-state index < -0.39 is 15.3 Å². The van der Waals surface area contributed by atoms with Gasteiger partial charge in [0, 0.05) is 18.3 Å². The summed E-state index contributed by atoms with van der Waals surface area (Å²) in [5, 5.41) is -0.488. The summed E-state index contributed by atoms with van der Waals surface area (Å²) >= 11 is 1.78. The van der Waals surface area contributed by atoms with E-state index >= 15 is 0 Å². The average molecular weight is 224 g/mol. The Labute approximate surface area is 83.7 Å². The zero-order valence-corrected chi connectivity index (χ0v) is 9.33. The molecule has 78 valence electrons. The topological polar surface area (TPSA) is 72.2 Å². The Morgan fingerprint density at radius 1 is 1.69 bits per heavy atom. The van der Waals surface area contributed by atoms with Crippen LogP contribution in [0.1, 0.15) is 13.3 Å². The first kappa shape index (κ1) is 11.3. The molecule has 1 rings (SSSR count). The van der Waals surface area contributed by atoms with Gasteiger partial charge in [-0.2, -0.15) is 11.8 Å². The van der Waals surface area contributed by atoms with Gasteiger partial charge in [0.1, 0.15) is 0 Å². The van der Waals surface area contributed by atoms with E-state index in [0.717, 1.165) is 17.9 Å². The number of hydrogen-bond donors (Lipinski definition) is 2. The third kappa shape index (κ3) is 3.12. The fraction of sp³-hybridized carbons (Fsp3) is 1.00. The van der Waals surface area contributed by atoms with Gasteiger partial charge in [-0.05, 0) is 19.1 Å². The van der Waals surface area contributed by atoms with Gasteiger partial charge < -0.3 is 5.73 Å². The number of nitrogens with one attached hydrogen (secondary N) is 1. The second-order valence-corrected chi connectivity index (χ2v) is 6.55. The summed E-state index contributed by atoms with van der Waals surface area (Å²) in [4.78, 5) is 0. The first-order valence-electron chi connectivity index (χ1n) is 4.35. The van der Waals surface area contributed by atoms with Gasteiger partial charge in [0.2, 0.25) is 10.0 Å². The fourth-order valence-corrected chi connectivity index (χ4v) is 3.51. The Hall–Kier alpha value is 0.220. The summed E-state index contributed by atoms with van der Waals surface area (Å²) in [5.41, 5.74) is 5.31. The molecule has 1 aliphatic heterocycles. The van der Waals surface area contributed by atoms with Gasteiger partial charge in [0.05, 0.1) is 5.25 Å². The van der Waals surface area contributed by atoms with Gasteiger partial charge in [-0.3, -0.25) is 0 Å². The minimum Gasteiger partial charge on any atom is -0.329 e. The molecular weight excluding hydrogens is 208 g/mol. The molecule has 3 N–H and O–H groups in total. The summed E-state index contributed by atoms with van der Waals surface area (Å²) < 4.78 is 25.7. The van der Waals surface area contributed by atoms with Crippen molar-refractivity contribution in [3.8, 4) is 0 Å². The number of hydrogen-bond acceptors (Lipinski definition) is 4. The van der Waals surface area contributed by atoms with E-state index in [1.807, 2.05) is 0 Å². The molecule has 0 aromatic heterocycles. The van der Waals surface area contributed by atoms with Crippen LogP contribution in [0.3, 0.4) is 0 Å². The molecule has 1 aliphatic rings. The van der Waals surface area contributed by atoms with Crippen LogP contribution in [0.5, 0.6) is 0 Å². The fourth-order valence-electron chi connectivity index (χ4n) is 1.10.